The molecule has 4 heteroatoms. The number of hydrogen-bond acceptors (Lipinski definition) is 3. The first-order valence-corrected chi connectivity index (χ1v) is 11.0. The van der Waals surface area contributed by atoms with Gasteiger partial charge in [-0.05, 0) is 43.5 Å². The van der Waals surface area contributed by atoms with E-state index in [1.807, 2.05) is 30.5 Å². The first kappa shape index (κ1) is 22.0. The topological polar surface area (TPSA) is 34.1 Å². The zero-order chi connectivity index (χ0) is 19.2. The maximum Gasteiger partial charge on any atom is 0.0737 e. The standard InChI is InChI=1S/C23H35ClN2O/c1-2-3-4-10-17-27-18-11-8-6-5-7-9-15-25-22-14-16-26-23-19-20(24)12-13-21(22)23/h12-14,16,19H,2-11,15,17-18H2,1H3,(H,25,26). The number of ether oxygens (including phenoxy) is 1. The minimum Gasteiger partial charge on any atom is -0.384 e. The van der Waals surface area contributed by atoms with Gasteiger partial charge in [0.05, 0.1) is 5.52 Å². The van der Waals surface area contributed by atoms with E-state index < -0.39 is 0 Å². The number of halogens is 1. The van der Waals surface area contributed by atoms with Crippen molar-refractivity contribution in [3.63, 3.8) is 0 Å². The van der Waals surface area contributed by atoms with Gasteiger partial charge in [-0.15, -0.1) is 0 Å². The average Bonchev–Trinajstić information content (AvgIpc) is 2.68. The highest BCUT2D eigenvalue weighted by Gasteiger charge is 2.02. The summed E-state index contributed by atoms with van der Waals surface area (Å²) in [5.74, 6) is 0. The molecule has 0 radical (unpaired) electrons. The molecule has 2 rings (SSSR count). The lowest BCUT2D eigenvalue weighted by atomic mass is 10.1. The van der Waals surface area contributed by atoms with Gasteiger partial charge in [-0.2, -0.15) is 0 Å². The molecule has 0 fully saturated rings. The molecule has 0 aliphatic heterocycles. The van der Waals surface area contributed by atoms with Crippen molar-refractivity contribution in [2.45, 2.75) is 71.1 Å². The summed E-state index contributed by atoms with van der Waals surface area (Å²) in [5.41, 5.74) is 2.09. The maximum absolute atomic E-state index is 6.04. The molecule has 0 amide bonds. The number of nitrogens with zero attached hydrogens (tertiary/aromatic N) is 1. The third-order valence-corrected chi connectivity index (χ3v) is 5.11. The number of hydrogen-bond donors (Lipinski definition) is 1. The van der Waals surface area contributed by atoms with Crippen LogP contribution >= 0.6 is 11.6 Å². The number of benzene rings is 1. The fourth-order valence-corrected chi connectivity index (χ4v) is 3.43. The SMILES string of the molecule is CCCCCCOCCCCCCCCNc1ccnc2cc(Cl)ccc12. The van der Waals surface area contributed by atoms with Crippen LogP contribution in [-0.4, -0.2) is 24.7 Å². The van der Waals surface area contributed by atoms with Gasteiger partial charge in [0.2, 0.25) is 0 Å². The Morgan fingerprint density at radius 1 is 0.889 bits per heavy atom. The Bertz CT molecular complexity index is 647. The van der Waals surface area contributed by atoms with E-state index in [0.717, 1.165) is 41.4 Å². The second-order valence-corrected chi connectivity index (χ2v) is 7.68. The number of rotatable bonds is 15. The van der Waals surface area contributed by atoms with Crippen molar-refractivity contribution < 1.29 is 4.74 Å². The summed E-state index contributed by atoms with van der Waals surface area (Å²) in [7, 11) is 0. The molecular formula is C23H35ClN2O. The molecule has 3 nitrogen and oxygen atoms in total. The van der Waals surface area contributed by atoms with Crippen LogP contribution in [0.25, 0.3) is 10.9 Å². The average molecular weight is 391 g/mol. The van der Waals surface area contributed by atoms with E-state index in [1.54, 1.807) is 0 Å². The minimum atomic E-state index is 0.731. The van der Waals surface area contributed by atoms with Crippen molar-refractivity contribution in [2.75, 3.05) is 25.1 Å². The first-order valence-electron chi connectivity index (χ1n) is 10.7. The Labute approximate surface area is 169 Å². The van der Waals surface area contributed by atoms with E-state index in [0.29, 0.717) is 0 Å². The van der Waals surface area contributed by atoms with Gasteiger partial charge < -0.3 is 10.1 Å². The predicted molar refractivity (Wildman–Crippen MR) is 118 cm³/mol. The fraction of sp³-hybridized carbons (Fsp3) is 0.609. The van der Waals surface area contributed by atoms with E-state index in [-0.39, 0.29) is 0 Å². The highest BCUT2D eigenvalue weighted by molar-refractivity contribution is 6.31. The van der Waals surface area contributed by atoms with Crippen LogP contribution in [0.4, 0.5) is 5.69 Å². The number of aromatic nitrogens is 1. The highest BCUT2D eigenvalue weighted by Crippen LogP contribution is 2.24. The van der Waals surface area contributed by atoms with Crippen LogP contribution in [0.1, 0.15) is 71.1 Å². The van der Waals surface area contributed by atoms with E-state index >= 15 is 0 Å². The zero-order valence-electron chi connectivity index (χ0n) is 16.8. The van der Waals surface area contributed by atoms with E-state index in [1.165, 1.54) is 64.2 Å². The number of anilines is 1. The molecule has 27 heavy (non-hydrogen) atoms. The second kappa shape index (κ2) is 13.8. The Morgan fingerprint density at radius 3 is 2.37 bits per heavy atom. The summed E-state index contributed by atoms with van der Waals surface area (Å²) in [5, 5.41) is 5.41. The van der Waals surface area contributed by atoms with Crippen LogP contribution in [-0.2, 0) is 4.74 Å². The van der Waals surface area contributed by atoms with E-state index in [2.05, 4.69) is 17.2 Å². The van der Waals surface area contributed by atoms with Crippen LogP contribution in [0.3, 0.4) is 0 Å². The molecule has 150 valence electrons. The molecule has 1 N–H and O–H groups in total. The lowest BCUT2D eigenvalue weighted by Gasteiger charge is -2.09. The number of nitrogens with one attached hydrogen (secondary N) is 1. The van der Waals surface area contributed by atoms with Gasteiger partial charge in [0.1, 0.15) is 0 Å². The molecule has 0 unspecified atom stereocenters. The molecule has 0 atom stereocenters. The predicted octanol–water partition coefficient (Wildman–Crippen LogP) is 7.24. The van der Waals surface area contributed by atoms with Crippen molar-refractivity contribution in [3.8, 4) is 0 Å². The monoisotopic (exact) mass is 390 g/mol. The molecule has 0 aliphatic rings. The van der Waals surface area contributed by atoms with Gasteiger partial charge >= 0.3 is 0 Å². The van der Waals surface area contributed by atoms with Crippen LogP contribution in [0, 0.1) is 0 Å². The van der Waals surface area contributed by atoms with Crippen molar-refractivity contribution >= 4 is 28.2 Å². The molecule has 0 saturated heterocycles. The number of unbranched alkanes of at least 4 members (excludes halogenated alkanes) is 8. The molecule has 0 saturated carbocycles. The quantitative estimate of drug-likeness (QED) is 0.325. The maximum atomic E-state index is 6.04. The molecule has 0 aliphatic carbocycles. The van der Waals surface area contributed by atoms with Gasteiger partial charge in [0.15, 0.2) is 0 Å². The Hall–Kier alpha value is -1.32. The third-order valence-electron chi connectivity index (χ3n) is 4.88. The van der Waals surface area contributed by atoms with Crippen molar-refractivity contribution in [1.29, 1.82) is 0 Å². The van der Waals surface area contributed by atoms with Crippen LogP contribution in [0.15, 0.2) is 30.5 Å². The highest BCUT2D eigenvalue weighted by atomic mass is 35.5. The molecule has 0 bridgehead atoms. The van der Waals surface area contributed by atoms with Gasteiger partial charge in [0, 0.05) is 42.1 Å². The van der Waals surface area contributed by atoms with Gasteiger partial charge in [-0.1, -0.05) is 63.5 Å². The van der Waals surface area contributed by atoms with E-state index in [9.17, 15) is 0 Å². The summed E-state index contributed by atoms with van der Waals surface area (Å²) in [6.45, 7) is 5.13. The molecule has 0 spiro atoms. The molecule has 1 aromatic carbocycles. The first-order chi connectivity index (χ1) is 13.3. The smallest absolute Gasteiger partial charge is 0.0737 e. The van der Waals surface area contributed by atoms with E-state index in [4.69, 9.17) is 16.3 Å². The zero-order valence-corrected chi connectivity index (χ0v) is 17.6. The van der Waals surface area contributed by atoms with Crippen molar-refractivity contribution in [3.05, 3.63) is 35.5 Å². The Balaban J connectivity index is 1.46. The van der Waals surface area contributed by atoms with Crippen molar-refractivity contribution in [1.82, 2.24) is 4.98 Å². The summed E-state index contributed by atoms with van der Waals surface area (Å²) < 4.78 is 5.69. The van der Waals surface area contributed by atoms with Gasteiger partial charge in [0.25, 0.3) is 0 Å². The lowest BCUT2D eigenvalue weighted by molar-refractivity contribution is 0.126. The summed E-state index contributed by atoms with van der Waals surface area (Å²) in [6, 6.07) is 7.92. The molecule has 1 heterocycles. The molecule has 2 aromatic rings. The summed E-state index contributed by atoms with van der Waals surface area (Å²) >= 11 is 6.04. The lowest BCUT2D eigenvalue weighted by Crippen LogP contribution is -2.02. The number of fused-ring (bicyclic) bond motifs is 1. The van der Waals surface area contributed by atoms with Gasteiger partial charge in [-0.25, -0.2) is 0 Å². The van der Waals surface area contributed by atoms with Crippen LogP contribution in [0.5, 0.6) is 0 Å². The largest absolute Gasteiger partial charge is 0.384 e. The summed E-state index contributed by atoms with van der Waals surface area (Å²) in [4.78, 5) is 4.39. The van der Waals surface area contributed by atoms with Crippen LogP contribution < -0.4 is 5.32 Å². The minimum absolute atomic E-state index is 0.731. The van der Waals surface area contributed by atoms with Gasteiger partial charge in [-0.3, -0.25) is 4.98 Å². The summed E-state index contributed by atoms with van der Waals surface area (Å²) in [6.07, 6.45) is 14.6. The fourth-order valence-electron chi connectivity index (χ4n) is 3.27. The molecular weight excluding hydrogens is 356 g/mol. The normalized spacial score (nSPS) is 11.2. The van der Waals surface area contributed by atoms with Crippen LogP contribution in [0.2, 0.25) is 5.02 Å². The Kier molecular flexibility index (Phi) is 11.2. The van der Waals surface area contributed by atoms with Crippen molar-refractivity contribution in [2.24, 2.45) is 0 Å². The number of pyridine rings is 1. The molecule has 1 aromatic heterocycles. The third kappa shape index (κ3) is 8.94. The second-order valence-electron chi connectivity index (χ2n) is 7.24. The Morgan fingerprint density at radius 2 is 1.59 bits per heavy atom.